The molecule has 2 rings (SSSR count). The van der Waals surface area contributed by atoms with Gasteiger partial charge in [-0.2, -0.15) is 0 Å². The van der Waals surface area contributed by atoms with E-state index < -0.39 is 0 Å². The maximum atomic E-state index is 11.3. The summed E-state index contributed by atoms with van der Waals surface area (Å²) in [6.45, 7) is 0. The van der Waals surface area contributed by atoms with Crippen LogP contribution in [0.3, 0.4) is 0 Å². The summed E-state index contributed by atoms with van der Waals surface area (Å²) in [6, 6.07) is 7.17. The van der Waals surface area contributed by atoms with E-state index in [9.17, 15) is 4.79 Å². The van der Waals surface area contributed by atoms with Gasteiger partial charge in [0, 0.05) is 0 Å². The Morgan fingerprint density at radius 1 is 1.25 bits per heavy atom. The molecule has 0 radical (unpaired) electrons. The monoisotopic (exact) mass is 161 g/mol. The number of benzene rings is 1. The number of nitrogens with zero attached hydrogens (tertiary/aromatic N) is 1. The molecule has 1 aromatic rings. The SMILES string of the molecule is O=C1NNC=Nc2ccccc21. The lowest BCUT2D eigenvalue weighted by molar-refractivity contribution is 0.0946. The smallest absolute Gasteiger partial charge is 0.271 e. The summed E-state index contributed by atoms with van der Waals surface area (Å²) in [6.07, 6.45) is 1.45. The van der Waals surface area contributed by atoms with Crippen molar-refractivity contribution in [3.05, 3.63) is 29.8 Å². The zero-order valence-electron chi connectivity index (χ0n) is 6.24. The Morgan fingerprint density at radius 2 is 2.08 bits per heavy atom. The Labute approximate surface area is 69.3 Å². The number of aliphatic imine (C=N–C) groups is 1. The van der Waals surface area contributed by atoms with E-state index in [0.717, 1.165) is 0 Å². The topological polar surface area (TPSA) is 53.5 Å². The van der Waals surface area contributed by atoms with Crippen LogP contribution in [0.1, 0.15) is 10.4 Å². The van der Waals surface area contributed by atoms with Gasteiger partial charge in [0.15, 0.2) is 0 Å². The summed E-state index contributed by atoms with van der Waals surface area (Å²) in [4.78, 5) is 15.3. The summed E-state index contributed by atoms with van der Waals surface area (Å²) in [5.74, 6) is -0.164. The molecule has 1 aromatic carbocycles. The lowest BCUT2D eigenvalue weighted by atomic mass is 10.2. The Balaban J connectivity index is 2.56. The van der Waals surface area contributed by atoms with Crippen LogP contribution in [0.5, 0.6) is 0 Å². The fourth-order valence-electron chi connectivity index (χ4n) is 1.05. The van der Waals surface area contributed by atoms with Crippen LogP contribution < -0.4 is 10.9 Å². The summed E-state index contributed by atoms with van der Waals surface area (Å²) >= 11 is 0. The van der Waals surface area contributed by atoms with Crippen LogP contribution in [0.4, 0.5) is 5.69 Å². The summed E-state index contributed by atoms with van der Waals surface area (Å²) in [5, 5.41) is 0. The van der Waals surface area contributed by atoms with Crippen LogP contribution in [0.2, 0.25) is 0 Å². The molecule has 0 fully saturated rings. The number of hydrazine groups is 1. The molecule has 1 heterocycles. The molecule has 0 aliphatic carbocycles. The van der Waals surface area contributed by atoms with Gasteiger partial charge in [-0.25, -0.2) is 4.99 Å². The Hall–Kier alpha value is -1.84. The molecular weight excluding hydrogens is 154 g/mol. The molecule has 0 unspecified atom stereocenters. The number of para-hydroxylation sites is 1. The first-order chi connectivity index (χ1) is 5.88. The molecule has 12 heavy (non-hydrogen) atoms. The summed E-state index contributed by atoms with van der Waals surface area (Å²) < 4.78 is 0. The molecule has 0 bridgehead atoms. The van der Waals surface area contributed by atoms with Gasteiger partial charge in [0.05, 0.1) is 11.3 Å². The molecular formula is C8H7N3O. The Morgan fingerprint density at radius 3 is 3.00 bits per heavy atom. The van der Waals surface area contributed by atoms with E-state index in [1.165, 1.54) is 6.34 Å². The fourth-order valence-corrected chi connectivity index (χ4v) is 1.05. The lowest BCUT2D eigenvalue weighted by Gasteiger charge is -2.00. The first kappa shape index (κ1) is 6.84. The van der Waals surface area contributed by atoms with E-state index in [0.29, 0.717) is 11.3 Å². The van der Waals surface area contributed by atoms with Crippen molar-refractivity contribution in [3.8, 4) is 0 Å². The number of carbonyl (C=O) groups excluding carboxylic acids is 1. The standard InChI is InChI=1S/C8H7N3O/c12-8-6-3-1-2-4-7(6)9-5-10-11-8/h1-5H,(H,9,10)(H,11,12). The van der Waals surface area contributed by atoms with Crippen molar-refractivity contribution < 1.29 is 4.79 Å². The number of hydrogen-bond donors (Lipinski definition) is 2. The van der Waals surface area contributed by atoms with Gasteiger partial charge in [0.1, 0.15) is 6.34 Å². The molecule has 0 atom stereocenters. The average molecular weight is 161 g/mol. The van der Waals surface area contributed by atoms with Gasteiger partial charge in [-0.15, -0.1) is 0 Å². The van der Waals surface area contributed by atoms with Gasteiger partial charge in [-0.05, 0) is 12.1 Å². The number of rotatable bonds is 0. The van der Waals surface area contributed by atoms with Crippen LogP contribution in [0.25, 0.3) is 0 Å². The highest BCUT2D eigenvalue weighted by Gasteiger charge is 2.10. The van der Waals surface area contributed by atoms with Crippen molar-refractivity contribution in [1.82, 2.24) is 10.9 Å². The molecule has 60 valence electrons. The molecule has 1 aliphatic heterocycles. The largest absolute Gasteiger partial charge is 0.288 e. The fraction of sp³-hybridized carbons (Fsp3) is 0. The lowest BCUT2D eigenvalue weighted by Crippen LogP contribution is -2.34. The van der Waals surface area contributed by atoms with Gasteiger partial charge in [-0.1, -0.05) is 12.1 Å². The second-order valence-electron chi connectivity index (χ2n) is 2.37. The number of nitrogens with one attached hydrogen (secondary N) is 2. The maximum Gasteiger partial charge on any atom is 0.271 e. The zero-order valence-corrected chi connectivity index (χ0v) is 6.24. The van der Waals surface area contributed by atoms with E-state index >= 15 is 0 Å². The Kier molecular flexibility index (Phi) is 1.51. The zero-order chi connectivity index (χ0) is 8.39. The third kappa shape index (κ3) is 1.03. The van der Waals surface area contributed by atoms with Crippen molar-refractivity contribution in [2.75, 3.05) is 0 Å². The van der Waals surface area contributed by atoms with Crippen molar-refractivity contribution >= 4 is 17.9 Å². The van der Waals surface area contributed by atoms with Crippen molar-refractivity contribution in [2.45, 2.75) is 0 Å². The molecule has 1 amide bonds. The molecule has 2 N–H and O–H groups in total. The maximum absolute atomic E-state index is 11.3. The van der Waals surface area contributed by atoms with Gasteiger partial charge in [0.2, 0.25) is 0 Å². The third-order valence-corrected chi connectivity index (χ3v) is 1.60. The molecule has 1 aliphatic rings. The number of carbonyl (C=O) groups is 1. The minimum absolute atomic E-state index is 0.164. The van der Waals surface area contributed by atoms with Crippen LogP contribution in [-0.2, 0) is 0 Å². The average Bonchev–Trinajstić information content (AvgIpc) is 2.29. The van der Waals surface area contributed by atoms with E-state index in [1.54, 1.807) is 18.2 Å². The molecule has 4 nitrogen and oxygen atoms in total. The minimum Gasteiger partial charge on any atom is -0.288 e. The highest BCUT2D eigenvalue weighted by Crippen LogP contribution is 2.18. The van der Waals surface area contributed by atoms with Gasteiger partial charge in [0.25, 0.3) is 5.91 Å². The highest BCUT2D eigenvalue weighted by atomic mass is 16.2. The van der Waals surface area contributed by atoms with Gasteiger partial charge < -0.3 is 0 Å². The van der Waals surface area contributed by atoms with Crippen molar-refractivity contribution in [1.29, 1.82) is 0 Å². The highest BCUT2D eigenvalue weighted by molar-refractivity contribution is 6.00. The predicted octanol–water partition coefficient (Wildman–Crippen LogP) is 0.594. The third-order valence-electron chi connectivity index (χ3n) is 1.60. The normalized spacial score (nSPS) is 14.2. The quantitative estimate of drug-likeness (QED) is 0.585. The summed E-state index contributed by atoms with van der Waals surface area (Å²) in [5.41, 5.74) is 6.28. The number of fused-ring (bicyclic) bond motifs is 1. The van der Waals surface area contributed by atoms with Crippen LogP contribution in [-0.4, -0.2) is 12.2 Å². The van der Waals surface area contributed by atoms with E-state index in [1.807, 2.05) is 6.07 Å². The van der Waals surface area contributed by atoms with Gasteiger partial charge >= 0.3 is 0 Å². The molecule has 0 saturated heterocycles. The second kappa shape index (κ2) is 2.65. The number of amides is 1. The first-order valence-corrected chi connectivity index (χ1v) is 3.55. The predicted molar refractivity (Wildman–Crippen MR) is 45.2 cm³/mol. The summed E-state index contributed by atoms with van der Waals surface area (Å²) in [7, 11) is 0. The number of hydrogen-bond acceptors (Lipinski definition) is 3. The first-order valence-electron chi connectivity index (χ1n) is 3.55. The van der Waals surface area contributed by atoms with E-state index in [2.05, 4.69) is 15.8 Å². The molecule has 0 saturated carbocycles. The molecule has 4 heteroatoms. The minimum atomic E-state index is -0.164. The Bertz CT molecular complexity index is 346. The van der Waals surface area contributed by atoms with Crippen LogP contribution in [0, 0.1) is 0 Å². The van der Waals surface area contributed by atoms with Crippen molar-refractivity contribution in [3.63, 3.8) is 0 Å². The van der Waals surface area contributed by atoms with Gasteiger partial charge in [-0.3, -0.25) is 15.6 Å². The van der Waals surface area contributed by atoms with E-state index in [-0.39, 0.29) is 5.91 Å². The second-order valence-corrected chi connectivity index (χ2v) is 2.37. The van der Waals surface area contributed by atoms with Crippen molar-refractivity contribution in [2.24, 2.45) is 4.99 Å². The van der Waals surface area contributed by atoms with E-state index in [4.69, 9.17) is 0 Å². The molecule has 0 spiro atoms. The van der Waals surface area contributed by atoms with Crippen LogP contribution in [0.15, 0.2) is 29.3 Å². The molecule has 0 aromatic heterocycles. The van der Waals surface area contributed by atoms with Crippen LogP contribution >= 0.6 is 0 Å².